The van der Waals surface area contributed by atoms with Crippen LogP contribution in [-0.4, -0.2) is 32.9 Å². The van der Waals surface area contributed by atoms with Gasteiger partial charge in [0, 0.05) is 19.4 Å². The van der Waals surface area contributed by atoms with Gasteiger partial charge >= 0.3 is 0 Å². The van der Waals surface area contributed by atoms with Crippen LogP contribution in [0.1, 0.15) is 6.42 Å². The minimum atomic E-state index is -3.20. The van der Waals surface area contributed by atoms with E-state index in [2.05, 4.69) is 5.32 Å². The van der Waals surface area contributed by atoms with E-state index in [1.54, 1.807) is 24.3 Å². The van der Waals surface area contributed by atoms with E-state index in [0.717, 1.165) is 0 Å². The van der Waals surface area contributed by atoms with Gasteiger partial charge in [-0.2, -0.15) is 0 Å². The molecule has 1 rings (SSSR count). The van der Waals surface area contributed by atoms with Crippen LogP contribution >= 0.6 is 0 Å². The van der Waals surface area contributed by atoms with Crippen LogP contribution in [0.5, 0.6) is 0 Å². The molecule has 0 fully saturated rings. The summed E-state index contributed by atoms with van der Waals surface area (Å²) in [7, 11) is -3.20. The van der Waals surface area contributed by atoms with Crippen molar-refractivity contribution < 1.29 is 13.5 Å². The molecule has 0 saturated carbocycles. The molecular weight excluding hydrogens is 214 g/mol. The summed E-state index contributed by atoms with van der Waals surface area (Å²) in [5, 5.41) is 11.6. The van der Waals surface area contributed by atoms with Gasteiger partial charge in [0.1, 0.15) is 0 Å². The third-order valence-corrected chi connectivity index (χ3v) is 3.09. The lowest BCUT2D eigenvalue weighted by atomic mass is 10.3. The molecule has 0 bridgehead atoms. The Morgan fingerprint density at radius 2 is 2.00 bits per heavy atom. The lowest BCUT2D eigenvalue weighted by Gasteiger charge is -2.09. The zero-order valence-corrected chi connectivity index (χ0v) is 9.42. The summed E-state index contributed by atoms with van der Waals surface area (Å²) < 4.78 is 22.8. The Morgan fingerprint density at radius 1 is 1.33 bits per heavy atom. The molecule has 1 aromatic carbocycles. The van der Waals surface area contributed by atoms with E-state index in [0.29, 0.717) is 23.5 Å². The third kappa shape index (κ3) is 3.53. The molecule has 0 heterocycles. The van der Waals surface area contributed by atoms with Gasteiger partial charge in [0.25, 0.3) is 0 Å². The summed E-state index contributed by atoms with van der Waals surface area (Å²) in [6.45, 7) is 0.650. The Hall–Kier alpha value is -1.07. The molecule has 0 amide bonds. The second-order valence-electron chi connectivity index (χ2n) is 3.27. The van der Waals surface area contributed by atoms with E-state index >= 15 is 0 Å². The fourth-order valence-electron chi connectivity index (χ4n) is 1.24. The van der Waals surface area contributed by atoms with Gasteiger partial charge in [0.05, 0.1) is 10.6 Å². The molecule has 0 spiro atoms. The van der Waals surface area contributed by atoms with Gasteiger partial charge in [-0.3, -0.25) is 0 Å². The van der Waals surface area contributed by atoms with Crippen molar-refractivity contribution in [3.63, 3.8) is 0 Å². The average molecular weight is 229 g/mol. The molecule has 0 saturated heterocycles. The van der Waals surface area contributed by atoms with Crippen molar-refractivity contribution in [1.29, 1.82) is 0 Å². The number of nitrogens with one attached hydrogen (secondary N) is 1. The van der Waals surface area contributed by atoms with E-state index < -0.39 is 9.84 Å². The zero-order valence-electron chi connectivity index (χ0n) is 8.60. The number of aliphatic hydroxyl groups excluding tert-OH is 1. The predicted octanol–water partition coefficient (Wildman–Crippen LogP) is 0.884. The maximum Gasteiger partial charge on any atom is 0.177 e. The molecule has 84 valence electrons. The SMILES string of the molecule is CS(=O)(=O)c1ccccc1NCCCO. The highest BCUT2D eigenvalue weighted by atomic mass is 32.2. The number of aliphatic hydroxyl groups is 1. The molecule has 5 heteroatoms. The maximum absolute atomic E-state index is 11.4. The van der Waals surface area contributed by atoms with Crippen molar-refractivity contribution in [2.75, 3.05) is 24.7 Å². The summed E-state index contributed by atoms with van der Waals surface area (Å²) in [5.41, 5.74) is 0.591. The number of para-hydroxylation sites is 1. The summed E-state index contributed by atoms with van der Waals surface area (Å²) in [6.07, 6.45) is 1.78. The first-order valence-corrected chi connectivity index (χ1v) is 6.58. The van der Waals surface area contributed by atoms with Crippen LogP contribution in [0.4, 0.5) is 5.69 Å². The van der Waals surface area contributed by atoms with E-state index in [4.69, 9.17) is 5.11 Å². The molecule has 0 unspecified atom stereocenters. The Bertz CT molecular complexity index is 414. The van der Waals surface area contributed by atoms with Crippen LogP contribution in [-0.2, 0) is 9.84 Å². The van der Waals surface area contributed by atoms with Crippen LogP contribution in [0.25, 0.3) is 0 Å². The zero-order chi connectivity index (χ0) is 11.3. The molecule has 0 aromatic heterocycles. The second kappa shape index (κ2) is 5.14. The van der Waals surface area contributed by atoms with Crippen molar-refractivity contribution in [3.05, 3.63) is 24.3 Å². The van der Waals surface area contributed by atoms with E-state index in [1.807, 2.05) is 0 Å². The number of hydrogen-bond acceptors (Lipinski definition) is 4. The van der Waals surface area contributed by atoms with Gasteiger partial charge in [-0.05, 0) is 18.6 Å². The van der Waals surface area contributed by atoms with Gasteiger partial charge < -0.3 is 10.4 Å². The Kier molecular flexibility index (Phi) is 4.11. The minimum absolute atomic E-state index is 0.0913. The van der Waals surface area contributed by atoms with Crippen LogP contribution in [0, 0.1) is 0 Å². The lowest BCUT2D eigenvalue weighted by molar-refractivity contribution is 0.292. The molecule has 0 radical (unpaired) electrons. The van der Waals surface area contributed by atoms with Crippen molar-refractivity contribution in [3.8, 4) is 0 Å². The summed E-state index contributed by atoms with van der Waals surface area (Å²) >= 11 is 0. The highest BCUT2D eigenvalue weighted by Gasteiger charge is 2.11. The summed E-state index contributed by atoms with van der Waals surface area (Å²) in [5.74, 6) is 0. The van der Waals surface area contributed by atoms with E-state index in [9.17, 15) is 8.42 Å². The van der Waals surface area contributed by atoms with Gasteiger partial charge in [-0.25, -0.2) is 8.42 Å². The standard InChI is InChI=1S/C10H15NO3S/c1-15(13,14)10-6-3-2-5-9(10)11-7-4-8-12/h2-3,5-6,11-12H,4,7-8H2,1H3. The normalized spacial score (nSPS) is 11.3. The van der Waals surface area contributed by atoms with Crippen molar-refractivity contribution in [2.45, 2.75) is 11.3 Å². The number of hydrogen-bond donors (Lipinski definition) is 2. The van der Waals surface area contributed by atoms with Gasteiger partial charge in [0.15, 0.2) is 9.84 Å². The van der Waals surface area contributed by atoms with Crippen LogP contribution in [0.3, 0.4) is 0 Å². The average Bonchev–Trinajstić information content (AvgIpc) is 2.17. The molecule has 15 heavy (non-hydrogen) atoms. The van der Waals surface area contributed by atoms with Crippen molar-refractivity contribution in [1.82, 2.24) is 0 Å². The minimum Gasteiger partial charge on any atom is -0.396 e. The van der Waals surface area contributed by atoms with Crippen LogP contribution in [0.2, 0.25) is 0 Å². The highest BCUT2D eigenvalue weighted by molar-refractivity contribution is 7.90. The molecule has 0 aliphatic rings. The van der Waals surface area contributed by atoms with Gasteiger partial charge in [-0.15, -0.1) is 0 Å². The Labute approximate surface area is 89.9 Å². The first kappa shape index (κ1) is 12.0. The first-order valence-electron chi connectivity index (χ1n) is 4.69. The van der Waals surface area contributed by atoms with Crippen molar-refractivity contribution in [2.24, 2.45) is 0 Å². The molecular formula is C10H15NO3S. The smallest absolute Gasteiger partial charge is 0.177 e. The molecule has 0 atom stereocenters. The van der Waals surface area contributed by atoms with Crippen molar-refractivity contribution >= 4 is 15.5 Å². The Balaban J connectivity index is 2.88. The number of benzene rings is 1. The van der Waals surface area contributed by atoms with Gasteiger partial charge in [-0.1, -0.05) is 12.1 Å². The third-order valence-electron chi connectivity index (χ3n) is 1.94. The molecule has 4 nitrogen and oxygen atoms in total. The molecule has 0 aliphatic heterocycles. The quantitative estimate of drug-likeness (QED) is 0.736. The monoisotopic (exact) mass is 229 g/mol. The maximum atomic E-state index is 11.4. The largest absolute Gasteiger partial charge is 0.396 e. The fraction of sp³-hybridized carbons (Fsp3) is 0.400. The Morgan fingerprint density at radius 3 is 2.60 bits per heavy atom. The van der Waals surface area contributed by atoms with Crippen LogP contribution < -0.4 is 5.32 Å². The molecule has 0 aliphatic carbocycles. The first-order chi connectivity index (χ1) is 7.05. The number of anilines is 1. The number of sulfone groups is 1. The number of rotatable bonds is 5. The summed E-state index contributed by atoms with van der Waals surface area (Å²) in [4.78, 5) is 0.294. The second-order valence-corrected chi connectivity index (χ2v) is 5.26. The highest BCUT2D eigenvalue weighted by Crippen LogP contribution is 2.20. The van der Waals surface area contributed by atoms with E-state index in [1.165, 1.54) is 6.26 Å². The summed E-state index contributed by atoms with van der Waals surface area (Å²) in [6, 6.07) is 6.74. The van der Waals surface area contributed by atoms with E-state index in [-0.39, 0.29) is 6.61 Å². The fourth-order valence-corrected chi connectivity index (χ4v) is 2.10. The lowest BCUT2D eigenvalue weighted by Crippen LogP contribution is -2.08. The predicted molar refractivity (Wildman–Crippen MR) is 59.7 cm³/mol. The molecule has 2 N–H and O–H groups in total. The van der Waals surface area contributed by atoms with Gasteiger partial charge in [0.2, 0.25) is 0 Å². The topological polar surface area (TPSA) is 66.4 Å². The van der Waals surface area contributed by atoms with Crippen LogP contribution in [0.15, 0.2) is 29.2 Å². The molecule has 1 aromatic rings.